The van der Waals surface area contributed by atoms with E-state index in [0.29, 0.717) is 24.8 Å². The van der Waals surface area contributed by atoms with Gasteiger partial charge in [-0.25, -0.2) is 0 Å². The summed E-state index contributed by atoms with van der Waals surface area (Å²) in [6.45, 7) is 6.69. The third-order valence-electron chi connectivity index (χ3n) is 5.82. The van der Waals surface area contributed by atoms with Crippen LogP contribution in [0.15, 0.2) is 24.3 Å². The summed E-state index contributed by atoms with van der Waals surface area (Å²) >= 11 is 0. The molecule has 1 fully saturated rings. The number of benzene rings is 1. The van der Waals surface area contributed by atoms with Crippen molar-refractivity contribution >= 4 is 18.3 Å². The van der Waals surface area contributed by atoms with Gasteiger partial charge < -0.3 is 10.6 Å². The zero-order valence-electron chi connectivity index (χ0n) is 16.5. The van der Waals surface area contributed by atoms with Gasteiger partial charge >= 0.3 is 0 Å². The highest BCUT2D eigenvalue weighted by atomic mass is 35.5. The van der Waals surface area contributed by atoms with Gasteiger partial charge in [0.1, 0.15) is 0 Å². The smallest absolute Gasteiger partial charge is 0.272 e. The van der Waals surface area contributed by atoms with Crippen LogP contribution in [-0.4, -0.2) is 40.1 Å². The van der Waals surface area contributed by atoms with E-state index in [4.69, 9.17) is 0 Å². The van der Waals surface area contributed by atoms with Crippen LogP contribution in [0.5, 0.6) is 0 Å². The van der Waals surface area contributed by atoms with Gasteiger partial charge in [0.2, 0.25) is 0 Å². The molecule has 2 aliphatic rings. The second kappa shape index (κ2) is 9.54. The van der Waals surface area contributed by atoms with Crippen molar-refractivity contribution in [3.05, 3.63) is 52.3 Å². The summed E-state index contributed by atoms with van der Waals surface area (Å²) in [6, 6.07) is 9.27. The van der Waals surface area contributed by atoms with Crippen molar-refractivity contribution in [3.63, 3.8) is 0 Å². The van der Waals surface area contributed by atoms with E-state index < -0.39 is 0 Å². The number of halogens is 1. The lowest BCUT2D eigenvalue weighted by Crippen LogP contribution is -2.36. The Morgan fingerprint density at radius 3 is 2.82 bits per heavy atom. The first-order chi connectivity index (χ1) is 13.2. The van der Waals surface area contributed by atoms with Gasteiger partial charge in [0.25, 0.3) is 5.91 Å². The Kier molecular flexibility index (Phi) is 7.10. The van der Waals surface area contributed by atoms with Crippen LogP contribution in [-0.2, 0) is 26.1 Å². The molecule has 2 aliphatic heterocycles. The van der Waals surface area contributed by atoms with Crippen molar-refractivity contribution < 1.29 is 4.79 Å². The summed E-state index contributed by atoms with van der Waals surface area (Å²) in [5.41, 5.74) is 5.06. The van der Waals surface area contributed by atoms with Crippen molar-refractivity contribution in [2.45, 2.75) is 58.3 Å². The van der Waals surface area contributed by atoms with Gasteiger partial charge in [-0.3, -0.25) is 14.8 Å². The highest BCUT2D eigenvalue weighted by molar-refractivity contribution is 5.94. The number of piperidine rings is 1. The van der Waals surface area contributed by atoms with E-state index in [9.17, 15) is 4.79 Å². The normalized spacial score (nSPS) is 19.5. The molecule has 1 aromatic heterocycles. The third kappa shape index (κ3) is 4.74. The lowest BCUT2D eigenvalue weighted by atomic mass is 10.0. The van der Waals surface area contributed by atoms with Crippen LogP contribution in [0.2, 0.25) is 0 Å². The molecule has 2 aromatic rings. The van der Waals surface area contributed by atoms with Crippen LogP contribution in [0.4, 0.5) is 0 Å². The standard InChI is InChI=1S/C21H29N5O.ClH/c1-15-4-2-3-11-26(15)14-17-7-5-16(6-8-17)12-23-21(27)20-18-13-22-10-9-19(18)24-25-20;/h5-8,15,22H,2-4,9-14H2,1H3,(H,23,27)(H,24,25);1H. The van der Waals surface area contributed by atoms with E-state index in [2.05, 4.69) is 56.9 Å². The van der Waals surface area contributed by atoms with Crippen molar-refractivity contribution in [1.29, 1.82) is 0 Å². The first kappa shape index (κ1) is 20.8. The van der Waals surface area contributed by atoms with Crippen molar-refractivity contribution in [2.75, 3.05) is 13.1 Å². The van der Waals surface area contributed by atoms with Gasteiger partial charge in [-0.15, -0.1) is 12.4 Å². The van der Waals surface area contributed by atoms with E-state index in [1.54, 1.807) is 0 Å². The van der Waals surface area contributed by atoms with Crippen molar-refractivity contribution in [3.8, 4) is 0 Å². The summed E-state index contributed by atoms with van der Waals surface area (Å²) in [5.74, 6) is -0.109. The van der Waals surface area contributed by atoms with Crippen LogP contribution >= 0.6 is 12.4 Å². The molecule has 7 heteroatoms. The molecule has 4 rings (SSSR count). The molecule has 3 heterocycles. The minimum Gasteiger partial charge on any atom is -0.347 e. The van der Waals surface area contributed by atoms with Gasteiger partial charge in [-0.05, 0) is 37.4 Å². The van der Waals surface area contributed by atoms with E-state index in [1.807, 2.05) is 0 Å². The predicted octanol–water partition coefficient (Wildman–Crippen LogP) is 2.78. The molecule has 1 atom stereocenters. The lowest BCUT2D eigenvalue weighted by Gasteiger charge is -2.33. The van der Waals surface area contributed by atoms with E-state index in [0.717, 1.165) is 36.3 Å². The van der Waals surface area contributed by atoms with Crippen molar-refractivity contribution in [2.24, 2.45) is 0 Å². The number of nitrogens with one attached hydrogen (secondary N) is 3. The molecule has 152 valence electrons. The van der Waals surface area contributed by atoms with Crippen molar-refractivity contribution in [1.82, 2.24) is 25.7 Å². The Labute approximate surface area is 172 Å². The molecule has 0 aliphatic carbocycles. The largest absolute Gasteiger partial charge is 0.347 e. The Hall–Kier alpha value is -1.89. The van der Waals surface area contributed by atoms with Gasteiger partial charge in [0.15, 0.2) is 5.69 Å². The number of aromatic nitrogens is 2. The molecule has 1 aromatic carbocycles. The summed E-state index contributed by atoms with van der Waals surface area (Å²) in [5, 5.41) is 13.5. The molecule has 0 spiro atoms. The average molecular weight is 404 g/mol. The lowest BCUT2D eigenvalue weighted by molar-refractivity contribution is 0.0944. The molecule has 1 saturated heterocycles. The number of carbonyl (C=O) groups is 1. The summed E-state index contributed by atoms with van der Waals surface area (Å²) in [4.78, 5) is 15.1. The van der Waals surface area contributed by atoms with Crippen LogP contribution in [0, 0.1) is 0 Å². The zero-order valence-corrected chi connectivity index (χ0v) is 17.3. The van der Waals surface area contributed by atoms with Gasteiger partial charge in [-0.1, -0.05) is 30.7 Å². The number of fused-ring (bicyclic) bond motifs is 1. The number of hydrogen-bond donors (Lipinski definition) is 3. The number of aromatic amines is 1. The molecule has 3 N–H and O–H groups in total. The van der Waals surface area contributed by atoms with Crippen LogP contribution < -0.4 is 10.6 Å². The molecule has 0 bridgehead atoms. The number of rotatable bonds is 5. The minimum atomic E-state index is -0.109. The molecule has 28 heavy (non-hydrogen) atoms. The first-order valence-electron chi connectivity index (χ1n) is 10.1. The SMILES string of the molecule is CC1CCCCN1Cc1ccc(CNC(=O)c2n[nH]c3c2CNCC3)cc1.Cl. The minimum absolute atomic E-state index is 0. The molecule has 1 unspecified atom stereocenters. The molecule has 1 amide bonds. The quantitative estimate of drug-likeness (QED) is 0.717. The Morgan fingerprint density at radius 1 is 1.25 bits per heavy atom. The van der Waals surface area contributed by atoms with E-state index in [-0.39, 0.29) is 18.3 Å². The van der Waals surface area contributed by atoms with Gasteiger partial charge in [-0.2, -0.15) is 5.10 Å². The zero-order chi connectivity index (χ0) is 18.6. The van der Waals surface area contributed by atoms with Gasteiger partial charge in [0, 0.05) is 49.9 Å². The fourth-order valence-electron chi connectivity index (χ4n) is 4.07. The predicted molar refractivity (Wildman–Crippen MR) is 113 cm³/mol. The number of nitrogens with zero attached hydrogens (tertiary/aromatic N) is 2. The van der Waals surface area contributed by atoms with Crippen LogP contribution in [0.1, 0.15) is 59.1 Å². The second-order valence-electron chi connectivity index (χ2n) is 7.77. The van der Waals surface area contributed by atoms with E-state index in [1.165, 1.54) is 31.4 Å². The Morgan fingerprint density at radius 2 is 2.04 bits per heavy atom. The highest BCUT2D eigenvalue weighted by Crippen LogP contribution is 2.19. The third-order valence-corrected chi connectivity index (χ3v) is 5.82. The second-order valence-corrected chi connectivity index (χ2v) is 7.77. The first-order valence-corrected chi connectivity index (χ1v) is 10.1. The molecular weight excluding hydrogens is 374 g/mol. The fourth-order valence-corrected chi connectivity index (χ4v) is 4.07. The summed E-state index contributed by atoms with van der Waals surface area (Å²) in [6.07, 6.45) is 4.86. The highest BCUT2D eigenvalue weighted by Gasteiger charge is 2.21. The monoisotopic (exact) mass is 403 g/mol. The molecule has 0 radical (unpaired) electrons. The Bertz CT molecular complexity index is 789. The number of amides is 1. The van der Waals surface area contributed by atoms with Gasteiger partial charge in [0.05, 0.1) is 0 Å². The summed E-state index contributed by atoms with van der Waals surface area (Å²) < 4.78 is 0. The van der Waals surface area contributed by atoms with Crippen LogP contribution in [0.3, 0.4) is 0 Å². The number of hydrogen-bond acceptors (Lipinski definition) is 4. The molecule has 6 nitrogen and oxygen atoms in total. The van der Waals surface area contributed by atoms with E-state index >= 15 is 0 Å². The molecular formula is C21H30ClN5O. The maximum Gasteiger partial charge on any atom is 0.272 e. The van der Waals surface area contributed by atoms with Crippen LogP contribution in [0.25, 0.3) is 0 Å². The Balaban J connectivity index is 0.00000225. The topological polar surface area (TPSA) is 73.0 Å². The average Bonchev–Trinajstić information content (AvgIpc) is 3.13. The molecule has 0 saturated carbocycles. The number of likely N-dealkylation sites (tertiary alicyclic amines) is 1. The fraction of sp³-hybridized carbons (Fsp3) is 0.524. The summed E-state index contributed by atoms with van der Waals surface area (Å²) in [7, 11) is 0. The number of H-pyrrole nitrogens is 1. The number of carbonyl (C=O) groups excluding carboxylic acids is 1. The maximum atomic E-state index is 12.5. The maximum absolute atomic E-state index is 12.5.